The summed E-state index contributed by atoms with van der Waals surface area (Å²) in [5.74, 6) is -8.92. The Morgan fingerprint density at radius 1 is 0.475 bits per heavy atom. The first kappa shape index (κ1) is 26.7. The lowest BCUT2D eigenvalue weighted by Gasteiger charge is -2.36. The number of rotatable bonds is 8. The Kier molecular flexibility index (Phi) is 7.17. The number of para-hydroxylation sites is 2. The molecular formula is C30H26O10. The summed E-state index contributed by atoms with van der Waals surface area (Å²) in [7, 11) is 0. The molecule has 0 aromatic heterocycles. The van der Waals surface area contributed by atoms with Gasteiger partial charge < -0.3 is 29.9 Å². The Morgan fingerprint density at radius 2 is 0.725 bits per heavy atom. The first-order valence-electron chi connectivity index (χ1n) is 12.7. The summed E-state index contributed by atoms with van der Waals surface area (Å²) in [6.07, 6.45) is -0.769. The summed E-state index contributed by atoms with van der Waals surface area (Å²) < 4.78 is 12.6. The van der Waals surface area contributed by atoms with Crippen LogP contribution in [0.25, 0.3) is 0 Å². The summed E-state index contributed by atoms with van der Waals surface area (Å²) >= 11 is 0. The van der Waals surface area contributed by atoms with Crippen molar-refractivity contribution < 1.29 is 49.1 Å². The number of carboxylic acids is 4. The second kappa shape index (κ2) is 10.7. The summed E-state index contributed by atoms with van der Waals surface area (Å²) in [5, 5.41) is 39.8. The number of ether oxygens (including phenoxy) is 2. The van der Waals surface area contributed by atoms with Gasteiger partial charge in [-0.3, -0.25) is 19.2 Å². The van der Waals surface area contributed by atoms with Gasteiger partial charge in [-0.15, -0.1) is 0 Å². The molecule has 5 rings (SSSR count). The highest BCUT2D eigenvalue weighted by atomic mass is 16.5. The summed E-state index contributed by atoms with van der Waals surface area (Å²) in [5.41, 5.74) is 1.65. The van der Waals surface area contributed by atoms with Crippen molar-refractivity contribution in [1.82, 2.24) is 0 Å². The maximum absolute atomic E-state index is 12.2. The molecule has 0 saturated carbocycles. The summed E-state index contributed by atoms with van der Waals surface area (Å²) in [6.45, 7) is 0. The van der Waals surface area contributed by atoms with Gasteiger partial charge in [0.05, 0.1) is 23.7 Å². The zero-order valence-electron chi connectivity index (χ0n) is 21.1. The van der Waals surface area contributed by atoms with E-state index in [1.54, 1.807) is 60.7 Å². The van der Waals surface area contributed by atoms with Crippen LogP contribution in [0, 0.1) is 23.7 Å². The quantitative estimate of drug-likeness (QED) is 0.320. The van der Waals surface area contributed by atoms with Crippen LogP contribution in [0.2, 0.25) is 0 Å². The number of hydrogen-bond donors (Lipinski definition) is 4. The van der Waals surface area contributed by atoms with Crippen molar-refractivity contribution in [3.8, 4) is 23.0 Å². The standard InChI is InChI=1S/C30H26O10/c31-27(32)21-11-17-19(13-23(21)29(35)36)26(40-16-9-5-2-6-10-16)20-14-24(30(37)38)22(28(33)34)12-18(20)25(17)39-15-7-3-1-4-8-15/h1-10,21-24H,11-14H2,(H,31,32)(H,33,34)(H,35,36)(H,37,38). The second-order valence-corrected chi connectivity index (χ2v) is 10.00. The lowest BCUT2D eigenvalue weighted by molar-refractivity contribution is -0.154. The second-order valence-electron chi connectivity index (χ2n) is 10.00. The van der Waals surface area contributed by atoms with E-state index in [1.807, 2.05) is 0 Å². The van der Waals surface area contributed by atoms with Crippen LogP contribution in [0.5, 0.6) is 23.0 Å². The topological polar surface area (TPSA) is 168 Å². The van der Waals surface area contributed by atoms with Crippen LogP contribution in [0.3, 0.4) is 0 Å². The monoisotopic (exact) mass is 546 g/mol. The number of carbonyl (C=O) groups is 4. The lowest BCUT2D eigenvalue weighted by atomic mass is 9.69. The van der Waals surface area contributed by atoms with E-state index in [1.165, 1.54) is 0 Å². The first-order valence-corrected chi connectivity index (χ1v) is 12.7. The summed E-state index contributed by atoms with van der Waals surface area (Å²) in [4.78, 5) is 48.8. The molecule has 2 aliphatic rings. The van der Waals surface area contributed by atoms with E-state index in [9.17, 15) is 39.6 Å². The van der Waals surface area contributed by atoms with Crippen molar-refractivity contribution in [3.63, 3.8) is 0 Å². The molecule has 0 aliphatic heterocycles. The zero-order chi connectivity index (χ0) is 28.6. The van der Waals surface area contributed by atoms with Crippen molar-refractivity contribution in [2.75, 3.05) is 0 Å². The molecule has 2 aliphatic carbocycles. The lowest BCUT2D eigenvalue weighted by Crippen LogP contribution is -2.39. The highest BCUT2D eigenvalue weighted by Gasteiger charge is 2.46. The van der Waals surface area contributed by atoms with Gasteiger partial charge in [0.1, 0.15) is 23.0 Å². The fourth-order valence-corrected chi connectivity index (χ4v) is 5.72. The fourth-order valence-electron chi connectivity index (χ4n) is 5.72. The first-order chi connectivity index (χ1) is 19.2. The Labute approximate surface area is 228 Å². The largest absolute Gasteiger partial charge is 0.481 e. The van der Waals surface area contributed by atoms with E-state index < -0.39 is 47.5 Å². The fraction of sp³-hybridized carbons (Fsp3) is 0.267. The molecule has 0 bridgehead atoms. The highest BCUT2D eigenvalue weighted by Crippen LogP contribution is 2.51. The van der Waals surface area contributed by atoms with Crippen molar-refractivity contribution in [2.45, 2.75) is 25.7 Å². The van der Waals surface area contributed by atoms with Gasteiger partial charge in [0, 0.05) is 22.3 Å². The van der Waals surface area contributed by atoms with Gasteiger partial charge in [-0.05, 0) is 49.9 Å². The molecule has 10 heteroatoms. The van der Waals surface area contributed by atoms with E-state index in [2.05, 4.69) is 0 Å². The van der Waals surface area contributed by atoms with Gasteiger partial charge in [0.15, 0.2) is 0 Å². The van der Waals surface area contributed by atoms with Crippen molar-refractivity contribution in [3.05, 3.63) is 82.9 Å². The van der Waals surface area contributed by atoms with Crippen molar-refractivity contribution in [2.24, 2.45) is 23.7 Å². The smallest absolute Gasteiger partial charge is 0.307 e. The normalized spacial score (nSPS) is 21.4. The third kappa shape index (κ3) is 4.95. The third-order valence-corrected chi connectivity index (χ3v) is 7.69. The Balaban J connectivity index is 1.80. The molecule has 40 heavy (non-hydrogen) atoms. The van der Waals surface area contributed by atoms with Crippen LogP contribution in [0.1, 0.15) is 22.3 Å². The average Bonchev–Trinajstić information content (AvgIpc) is 2.94. The zero-order valence-corrected chi connectivity index (χ0v) is 21.1. The Morgan fingerprint density at radius 3 is 0.950 bits per heavy atom. The average molecular weight is 547 g/mol. The molecule has 4 atom stereocenters. The number of hydrogen-bond acceptors (Lipinski definition) is 6. The third-order valence-electron chi connectivity index (χ3n) is 7.69. The number of fused-ring (bicyclic) bond motifs is 2. The van der Waals surface area contributed by atoms with Gasteiger partial charge in [-0.25, -0.2) is 0 Å². The molecule has 4 unspecified atom stereocenters. The van der Waals surface area contributed by atoms with E-state index in [0.717, 1.165) is 0 Å². The molecule has 206 valence electrons. The molecule has 0 fully saturated rings. The molecule has 0 radical (unpaired) electrons. The number of benzene rings is 3. The van der Waals surface area contributed by atoms with E-state index in [0.29, 0.717) is 33.8 Å². The van der Waals surface area contributed by atoms with Crippen LogP contribution < -0.4 is 9.47 Å². The molecule has 3 aromatic rings. The van der Waals surface area contributed by atoms with Crippen LogP contribution in [0.15, 0.2) is 60.7 Å². The molecule has 0 heterocycles. The Bertz CT molecular complexity index is 1300. The van der Waals surface area contributed by atoms with E-state index in [4.69, 9.17) is 9.47 Å². The predicted molar refractivity (Wildman–Crippen MR) is 139 cm³/mol. The molecule has 0 spiro atoms. The number of aliphatic carboxylic acids is 4. The number of carboxylic acid groups (broad SMARTS) is 4. The molecule has 0 amide bonds. The van der Waals surface area contributed by atoms with Crippen LogP contribution >= 0.6 is 0 Å². The molecule has 4 N–H and O–H groups in total. The van der Waals surface area contributed by atoms with Crippen LogP contribution in [0.4, 0.5) is 0 Å². The minimum atomic E-state index is -1.28. The van der Waals surface area contributed by atoms with Gasteiger partial charge in [-0.2, -0.15) is 0 Å². The summed E-state index contributed by atoms with van der Waals surface area (Å²) in [6, 6.07) is 17.2. The minimum Gasteiger partial charge on any atom is -0.481 e. The van der Waals surface area contributed by atoms with E-state index in [-0.39, 0.29) is 37.2 Å². The predicted octanol–water partition coefficient (Wildman–Crippen LogP) is 4.27. The molecule has 0 saturated heterocycles. The van der Waals surface area contributed by atoms with Crippen molar-refractivity contribution >= 4 is 23.9 Å². The molecule has 3 aromatic carbocycles. The molecule has 10 nitrogen and oxygen atoms in total. The maximum atomic E-state index is 12.2. The van der Waals surface area contributed by atoms with Gasteiger partial charge >= 0.3 is 23.9 Å². The Hall–Kier alpha value is -4.86. The maximum Gasteiger partial charge on any atom is 0.307 e. The van der Waals surface area contributed by atoms with Gasteiger partial charge in [-0.1, -0.05) is 36.4 Å². The minimum absolute atomic E-state index is 0.192. The van der Waals surface area contributed by atoms with E-state index >= 15 is 0 Å². The van der Waals surface area contributed by atoms with Gasteiger partial charge in [0.2, 0.25) is 0 Å². The van der Waals surface area contributed by atoms with Crippen molar-refractivity contribution in [1.29, 1.82) is 0 Å². The van der Waals surface area contributed by atoms with Crippen LogP contribution in [-0.2, 0) is 44.9 Å². The van der Waals surface area contributed by atoms with Crippen LogP contribution in [-0.4, -0.2) is 44.3 Å². The molecular weight excluding hydrogens is 520 g/mol. The SMILES string of the molecule is O=C(O)C1Cc2c(c(Oc3ccccc3)c3c(c2Oc2ccccc2)CC(C(=O)O)C(C(=O)O)C3)CC1C(=O)O. The van der Waals surface area contributed by atoms with Gasteiger partial charge in [0.25, 0.3) is 0 Å². The highest BCUT2D eigenvalue weighted by molar-refractivity contribution is 5.84.